The van der Waals surface area contributed by atoms with E-state index in [1.807, 2.05) is 13.8 Å². The van der Waals surface area contributed by atoms with E-state index in [9.17, 15) is 13.2 Å². The Hall–Kier alpha value is -1.31. The standard InChI is InChI=1S/C13H19F3N2O2/c1-3-11(19-4-2)12(18-17)9-6-5-7-10(8-9)20-13(14,15)16/h5-8,11-12,18H,3-4,17H2,1-2H3. The maximum absolute atomic E-state index is 12.2. The third-order valence-electron chi connectivity index (χ3n) is 2.79. The number of hydrazine groups is 1. The van der Waals surface area contributed by atoms with Crippen molar-refractivity contribution in [1.29, 1.82) is 0 Å². The number of hydrogen-bond donors (Lipinski definition) is 2. The Morgan fingerprint density at radius 3 is 2.50 bits per heavy atom. The van der Waals surface area contributed by atoms with Crippen LogP contribution in [0.15, 0.2) is 24.3 Å². The second kappa shape index (κ2) is 7.47. The maximum atomic E-state index is 12.2. The first kappa shape index (κ1) is 16.7. The lowest BCUT2D eigenvalue weighted by molar-refractivity contribution is -0.274. The summed E-state index contributed by atoms with van der Waals surface area (Å²) in [5, 5.41) is 0. The van der Waals surface area contributed by atoms with Crippen LogP contribution < -0.4 is 16.0 Å². The van der Waals surface area contributed by atoms with E-state index in [-0.39, 0.29) is 11.9 Å². The highest BCUT2D eigenvalue weighted by Gasteiger charge is 2.31. The molecule has 0 aliphatic carbocycles. The Morgan fingerprint density at radius 1 is 1.30 bits per heavy atom. The molecule has 2 unspecified atom stereocenters. The highest BCUT2D eigenvalue weighted by atomic mass is 19.4. The van der Waals surface area contributed by atoms with E-state index >= 15 is 0 Å². The van der Waals surface area contributed by atoms with Gasteiger partial charge in [0.25, 0.3) is 0 Å². The van der Waals surface area contributed by atoms with Crippen molar-refractivity contribution in [1.82, 2.24) is 5.43 Å². The Morgan fingerprint density at radius 2 is 2.00 bits per heavy atom. The Balaban J connectivity index is 2.95. The summed E-state index contributed by atoms with van der Waals surface area (Å²) in [6.07, 6.45) is -4.27. The van der Waals surface area contributed by atoms with Crippen molar-refractivity contribution in [2.45, 2.75) is 38.8 Å². The largest absolute Gasteiger partial charge is 0.573 e. The number of rotatable bonds is 7. The van der Waals surface area contributed by atoms with Crippen LogP contribution in [0.1, 0.15) is 31.9 Å². The van der Waals surface area contributed by atoms with Crippen LogP contribution in [-0.4, -0.2) is 19.1 Å². The fraction of sp³-hybridized carbons (Fsp3) is 0.538. The number of nitrogens with two attached hydrogens (primary N) is 1. The molecule has 1 aromatic carbocycles. The van der Waals surface area contributed by atoms with Gasteiger partial charge in [-0.2, -0.15) is 0 Å². The number of alkyl halides is 3. The van der Waals surface area contributed by atoms with Crippen LogP contribution in [0.25, 0.3) is 0 Å². The third-order valence-corrected chi connectivity index (χ3v) is 2.79. The summed E-state index contributed by atoms with van der Waals surface area (Å²) in [7, 11) is 0. The molecule has 0 aliphatic rings. The van der Waals surface area contributed by atoms with Crippen molar-refractivity contribution in [2.24, 2.45) is 5.84 Å². The molecule has 0 aromatic heterocycles. The lowest BCUT2D eigenvalue weighted by Crippen LogP contribution is -2.37. The zero-order chi connectivity index (χ0) is 15.2. The molecule has 2 atom stereocenters. The molecule has 0 bridgehead atoms. The van der Waals surface area contributed by atoms with E-state index in [0.29, 0.717) is 18.6 Å². The van der Waals surface area contributed by atoms with Gasteiger partial charge in [-0.25, -0.2) is 0 Å². The molecule has 20 heavy (non-hydrogen) atoms. The van der Waals surface area contributed by atoms with Gasteiger partial charge in [0, 0.05) is 6.61 Å². The predicted octanol–water partition coefficient (Wildman–Crippen LogP) is 2.90. The van der Waals surface area contributed by atoms with Gasteiger partial charge in [0.2, 0.25) is 0 Å². The molecule has 4 nitrogen and oxygen atoms in total. The number of halogens is 3. The highest BCUT2D eigenvalue weighted by Crippen LogP contribution is 2.27. The van der Waals surface area contributed by atoms with Crippen LogP contribution in [0.2, 0.25) is 0 Å². The lowest BCUT2D eigenvalue weighted by Gasteiger charge is -2.26. The molecule has 0 fully saturated rings. The van der Waals surface area contributed by atoms with Gasteiger partial charge in [-0.15, -0.1) is 13.2 Å². The molecule has 0 heterocycles. The number of benzene rings is 1. The van der Waals surface area contributed by atoms with Gasteiger partial charge in [-0.3, -0.25) is 11.3 Å². The SMILES string of the molecule is CCOC(CC)C(NN)c1cccc(OC(F)(F)F)c1. The van der Waals surface area contributed by atoms with E-state index in [2.05, 4.69) is 10.2 Å². The van der Waals surface area contributed by atoms with Crippen molar-refractivity contribution in [2.75, 3.05) is 6.61 Å². The number of hydrogen-bond acceptors (Lipinski definition) is 4. The van der Waals surface area contributed by atoms with Crippen LogP contribution in [0, 0.1) is 0 Å². The first-order chi connectivity index (χ1) is 9.41. The first-order valence-corrected chi connectivity index (χ1v) is 6.34. The molecular weight excluding hydrogens is 273 g/mol. The molecule has 0 saturated carbocycles. The molecule has 1 rings (SSSR count). The quantitative estimate of drug-likeness (QED) is 0.599. The van der Waals surface area contributed by atoms with E-state index in [1.54, 1.807) is 6.07 Å². The van der Waals surface area contributed by atoms with Gasteiger partial charge in [0.05, 0.1) is 12.1 Å². The third kappa shape index (κ3) is 4.99. The van der Waals surface area contributed by atoms with Crippen molar-refractivity contribution in [3.05, 3.63) is 29.8 Å². The highest BCUT2D eigenvalue weighted by molar-refractivity contribution is 5.31. The van der Waals surface area contributed by atoms with Gasteiger partial charge >= 0.3 is 6.36 Å². The summed E-state index contributed by atoms with van der Waals surface area (Å²) in [6, 6.07) is 5.30. The molecule has 0 radical (unpaired) electrons. The molecule has 0 spiro atoms. The van der Waals surface area contributed by atoms with Crippen molar-refractivity contribution < 1.29 is 22.6 Å². The number of nitrogens with one attached hydrogen (secondary N) is 1. The Labute approximate surface area is 116 Å². The summed E-state index contributed by atoms with van der Waals surface area (Å²) in [6.45, 7) is 4.26. The van der Waals surface area contributed by atoms with Crippen molar-refractivity contribution >= 4 is 0 Å². The fourth-order valence-electron chi connectivity index (χ4n) is 1.99. The first-order valence-electron chi connectivity index (χ1n) is 6.34. The number of ether oxygens (including phenoxy) is 2. The maximum Gasteiger partial charge on any atom is 0.573 e. The van der Waals surface area contributed by atoms with Crippen LogP contribution in [0.5, 0.6) is 5.75 Å². The van der Waals surface area contributed by atoms with Gasteiger partial charge < -0.3 is 9.47 Å². The average Bonchev–Trinajstić information content (AvgIpc) is 2.37. The minimum atomic E-state index is -4.71. The van der Waals surface area contributed by atoms with Gasteiger partial charge in [-0.05, 0) is 31.0 Å². The average molecular weight is 292 g/mol. The molecule has 3 N–H and O–H groups in total. The van der Waals surface area contributed by atoms with Gasteiger partial charge in [0.15, 0.2) is 0 Å². The summed E-state index contributed by atoms with van der Waals surface area (Å²) in [5.74, 6) is 5.22. The van der Waals surface area contributed by atoms with E-state index in [0.717, 1.165) is 0 Å². The summed E-state index contributed by atoms with van der Waals surface area (Å²) >= 11 is 0. The fourth-order valence-corrected chi connectivity index (χ4v) is 1.99. The Kier molecular flexibility index (Phi) is 6.25. The van der Waals surface area contributed by atoms with E-state index < -0.39 is 12.4 Å². The lowest BCUT2D eigenvalue weighted by atomic mass is 10.00. The van der Waals surface area contributed by atoms with E-state index in [1.165, 1.54) is 18.2 Å². The second-order valence-corrected chi connectivity index (χ2v) is 4.17. The van der Waals surface area contributed by atoms with Gasteiger partial charge in [0.1, 0.15) is 5.75 Å². The molecule has 0 saturated heterocycles. The molecule has 0 aliphatic heterocycles. The van der Waals surface area contributed by atoms with E-state index in [4.69, 9.17) is 10.6 Å². The summed E-state index contributed by atoms with van der Waals surface area (Å²) in [5.41, 5.74) is 3.16. The smallest absolute Gasteiger partial charge is 0.406 e. The normalized spacial score (nSPS) is 14.9. The monoisotopic (exact) mass is 292 g/mol. The minimum absolute atomic E-state index is 0.230. The van der Waals surface area contributed by atoms with Gasteiger partial charge in [-0.1, -0.05) is 19.1 Å². The summed E-state index contributed by atoms with van der Waals surface area (Å²) in [4.78, 5) is 0. The van der Waals surface area contributed by atoms with Crippen molar-refractivity contribution in [3.63, 3.8) is 0 Å². The molecule has 114 valence electrons. The minimum Gasteiger partial charge on any atom is -0.406 e. The second-order valence-electron chi connectivity index (χ2n) is 4.17. The molecule has 0 amide bonds. The van der Waals surface area contributed by atoms with Crippen LogP contribution in [-0.2, 0) is 4.74 Å². The van der Waals surface area contributed by atoms with Crippen LogP contribution >= 0.6 is 0 Å². The molecule has 7 heteroatoms. The Bertz CT molecular complexity index is 413. The van der Waals surface area contributed by atoms with Crippen molar-refractivity contribution in [3.8, 4) is 5.75 Å². The molecule has 1 aromatic rings. The summed E-state index contributed by atoms with van der Waals surface area (Å²) < 4.78 is 46.1. The zero-order valence-corrected chi connectivity index (χ0v) is 11.4. The van der Waals surface area contributed by atoms with Crippen LogP contribution in [0.4, 0.5) is 13.2 Å². The molecular formula is C13H19F3N2O2. The zero-order valence-electron chi connectivity index (χ0n) is 11.4. The van der Waals surface area contributed by atoms with Crippen LogP contribution in [0.3, 0.4) is 0 Å². The topological polar surface area (TPSA) is 56.5 Å². The predicted molar refractivity (Wildman–Crippen MR) is 68.9 cm³/mol.